The summed E-state index contributed by atoms with van der Waals surface area (Å²) in [7, 11) is 0. The summed E-state index contributed by atoms with van der Waals surface area (Å²) in [5, 5.41) is 19.9. The highest BCUT2D eigenvalue weighted by atomic mass is 16.3. The second-order valence-corrected chi connectivity index (χ2v) is 14.0. The van der Waals surface area contributed by atoms with Gasteiger partial charge < -0.3 is 4.42 Å². The summed E-state index contributed by atoms with van der Waals surface area (Å²) in [5.74, 6) is 0. The van der Waals surface area contributed by atoms with Gasteiger partial charge in [-0.05, 0) is 105 Å². The molecule has 0 bridgehead atoms. The molecule has 1 heteroatoms. The molecule has 1 heterocycles. The van der Waals surface area contributed by atoms with Crippen LogP contribution in [0.1, 0.15) is 0 Å². The zero-order chi connectivity index (χ0) is 33.2. The molecule has 0 spiro atoms. The van der Waals surface area contributed by atoms with Gasteiger partial charge in [0, 0.05) is 21.7 Å². The van der Waals surface area contributed by atoms with Crippen molar-refractivity contribution in [2.75, 3.05) is 0 Å². The van der Waals surface area contributed by atoms with E-state index in [4.69, 9.17) is 4.42 Å². The largest absolute Gasteiger partial charge is 0.455 e. The van der Waals surface area contributed by atoms with Gasteiger partial charge in [-0.1, -0.05) is 152 Å². The SMILES string of the molecule is c1ccc2c(c1)ccc1c3cc(-c4ccc5ccc6cccc7ccc4c5c67)cc(-c4cccc5c4ccc4ccc6ccccc6c45)c3oc21. The van der Waals surface area contributed by atoms with E-state index in [1.54, 1.807) is 0 Å². The van der Waals surface area contributed by atoms with Gasteiger partial charge in [0.25, 0.3) is 0 Å². The van der Waals surface area contributed by atoms with E-state index in [9.17, 15) is 0 Å². The van der Waals surface area contributed by atoms with Crippen LogP contribution in [-0.4, -0.2) is 0 Å². The van der Waals surface area contributed by atoms with Gasteiger partial charge in [0.05, 0.1) is 0 Å². The van der Waals surface area contributed by atoms with E-state index < -0.39 is 0 Å². The third-order valence-corrected chi connectivity index (χ3v) is 11.4. The van der Waals surface area contributed by atoms with E-state index in [2.05, 4.69) is 170 Å². The zero-order valence-electron chi connectivity index (χ0n) is 27.6. The highest BCUT2D eigenvalue weighted by molar-refractivity contribution is 6.27. The van der Waals surface area contributed by atoms with E-state index in [0.29, 0.717) is 0 Å². The average Bonchev–Trinajstić information content (AvgIpc) is 3.58. The van der Waals surface area contributed by atoms with Crippen LogP contribution in [0.2, 0.25) is 0 Å². The maximum Gasteiger partial charge on any atom is 0.143 e. The monoisotopic (exact) mass is 644 g/mol. The molecule has 0 aliphatic heterocycles. The molecular formula is C50H28O. The summed E-state index contributed by atoms with van der Waals surface area (Å²) < 4.78 is 7.03. The van der Waals surface area contributed by atoms with Gasteiger partial charge in [0.15, 0.2) is 0 Å². The maximum atomic E-state index is 7.03. The molecule has 234 valence electrons. The Morgan fingerprint density at radius 3 is 1.67 bits per heavy atom. The van der Waals surface area contributed by atoms with E-state index in [0.717, 1.165) is 32.9 Å². The lowest BCUT2D eigenvalue weighted by atomic mass is 9.87. The Morgan fingerprint density at radius 2 is 0.824 bits per heavy atom. The minimum atomic E-state index is 0.924. The first-order valence-electron chi connectivity index (χ1n) is 17.7. The summed E-state index contributed by atoms with van der Waals surface area (Å²) in [6.45, 7) is 0. The van der Waals surface area contributed by atoms with Crippen LogP contribution in [0, 0.1) is 0 Å². The lowest BCUT2D eigenvalue weighted by Gasteiger charge is -2.16. The molecule has 11 aromatic carbocycles. The predicted octanol–water partition coefficient (Wildman–Crippen LogP) is 14.4. The first kappa shape index (κ1) is 27.2. The Kier molecular flexibility index (Phi) is 5.29. The molecule has 0 radical (unpaired) electrons. The molecular weight excluding hydrogens is 617 g/mol. The topological polar surface area (TPSA) is 13.1 Å². The summed E-state index contributed by atoms with van der Waals surface area (Å²) in [6.07, 6.45) is 0. The van der Waals surface area contributed by atoms with Crippen LogP contribution in [0.3, 0.4) is 0 Å². The number of rotatable bonds is 2. The van der Waals surface area contributed by atoms with Gasteiger partial charge in [-0.15, -0.1) is 0 Å². The third-order valence-electron chi connectivity index (χ3n) is 11.4. The molecule has 0 unspecified atom stereocenters. The fraction of sp³-hybridized carbons (Fsp3) is 0. The van der Waals surface area contributed by atoms with E-state index in [1.807, 2.05) is 0 Å². The molecule has 0 saturated heterocycles. The normalized spacial score (nSPS) is 12.3. The second-order valence-electron chi connectivity index (χ2n) is 14.0. The fourth-order valence-electron chi connectivity index (χ4n) is 9.05. The zero-order valence-corrected chi connectivity index (χ0v) is 27.6. The van der Waals surface area contributed by atoms with Crippen LogP contribution in [0.5, 0.6) is 0 Å². The molecule has 0 fully saturated rings. The van der Waals surface area contributed by atoms with Gasteiger partial charge >= 0.3 is 0 Å². The van der Waals surface area contributed by atoms with Crippen molar-refractivity contribution in [2.45, 2.75) is 0 Å². The van der Waals surface area contributed by atoms with Gasteiger partial charge in [-0.25, -0.2) is 0 Å². The van der Waals surface area contributed by atoms with Crippen LogP contribution >= 0.6 is 0 Å². The molecule has 1 nitrogen and oxygen atoms in total. The van der Waals surface area contributed by atoms with Crippen molar-refractivity contribution in [3.63, 3.8) is 0 Å². The van der Waals surface area contributed by atoms with Crippen LogP contribution in [0.4, 0.5) is 0 Å². The van der Waals surface area contributed by atoms with Crippen molar-refractivity contribution in [1.82, 2.24) is 0 Å². The average molecular weight is 645 g/mol. The van der Waals surface area contributed by atoms with Gasteiger partial charge in [-0.2, -0.15) is 0 Å². The van der Waals surface area contributed by atoms with Gasteiger partial charge in [0.2, 0.25) is 0 Å². The van der Waals surface area contributed by atoms with Gasteiger partial charge in [0.1, 0.15) is 11.2 Å². The molecule has 0 N–H and O–H groups in total. The van der Waals surface area contributed by atoms with Crippen LogP contribution in [-0.2, 0) is 0 Å². The Hall–Kier alpha value is -6.70. The minimum Gasteiger partial charge on any atom is -0.455 e. The molecule has 0 aliphatic rings. The molecule has 0 amide bonds. The molecule has 12 aromatic rings. The molecule has 1 aromatic heterocycles. The number of fused-ring (bicyclic) bond motifs is 10. The third kappa shape index (κ3) is 3.70. The number of benzene rings is 11. The number of hydrogen-bond donors (Lipinski definition) is 0. The first-order valence-corrected chi connectivity index (χ1v) is 17.7. The minimum absolute atomic E-state index is 0.924. The summed E-state index contributed by atoms with van der Waals surface area (Å²) in [6, 6.07) is 62.6. The van der Waals surface area contributed by atoms with E-state index in [-0.39, 0.29) is 0 Å². The van der Waals surface area contributed by atoms with E-state index >= 15 is 0 Å². The molecule has 12 rings (SSSR count). The van der Waals surface area contributed by atoms with Crippen LogP contribution in [0.25, 0.3) is 120 Å². The van der Waals surface area contributed by atoms with E-state index in [1.165, 1.54) is 86.7 Å². The highest BCUT2D eigenvalue weighted by Gasteiger charge is 2.20. The van der Waals surface area contributed by atoms with Crippen molar-refractivity contribution >= 4 is 97.3 Å². The van der Waals surface area contributed by atoms with Crippen LogP contribution < -0.4 is 0 Å². The van der Waals surface area contributed by atoms with Crippen molar-refractivity contribution in [3.05, 3.63) is 170 Å². The second kappa shape index (κ2) is 9.94. The molecule has 51 heavy (non-hydrogen) atoms. The maximum absolute atomic E-state index is 7.03. The smallest absolute Gasteiger partial charge is 0.143 e. The standard InChI is InChI=1S/C50H28O/c1-3-11-37-29(7-1)15-16-33-21-24-40-39(13-6-14-41(40)47(33)37)44-27-35(28-45-43-26-19-30-8-2-4-12-38(30)49(43)51-50(44)45)36-23-20-34-18-17-31-9-5-10-32-22-25-42(36)48(34)46(31)32/h1-28H. The highest BCUT2D eigenvalue weighted by Crippen LogP contribution is 2.46. The molecule has 0 atom stereocenters. The lowest BCUT2D eigenvalue weighted by Crippen LogP contribution is -1.89. The van der Waals surface area contributed by atoms with Crippen molar-refractivity contribution in [3.8, 4) is 22.3 Å². The molecule has 0 saturated carbocycles. The number of hydrogen-bond acceptors (Lipinski definition) is 1. The van der Waals surface area contributed by atoms with Crippen molar-refractivity contribution < 1.29 is 4.42 Å². The predicted molar refractivity (Wildman–Crippen MR) is 218 cm³/mol. The van der Waals surface area contributed by atoms with Crippen molar-refractivity contribution in [2.24, 2.45) is 0 Å². The Bertz CT molecular complexity index is 3400. The quantitative estimate of drug-likeness (QED) is 0.171. The van der Waals surface area contributed by atoms with Crippen LogP contribution in [0.15, 0.2) is 174 Å². The van der Waals surface area contributed by atoms with Gasteiger partial charge in [-0.3, -0.25) is 0 Å². The summed E-state index contributed by atoms with van der Waals surface area (Å²) >= 11 is 0. The summed E-state index contributed by atoms with van der Waals surface area (Å²) in [4.78, 5) is 0. The number of furan rings is 1. The summed E-state index contributed by atoms with van der Waals surface area (Å²) in [5.41, 5.74) is 6.57. The first-order chi connectivity index (χ1) is 25.3. The molecule has 0 aliphatic carbocycles. The lowest BCUT2D eigenvalue weighted by molar-refractivity contribution is 0.674. The Balaban J connectivity index is 1.23. The van der Waals surface area contributed by atoms with Crippen molar-refractivity contribution in [1.29, 1.82) is 0 Å². The Labute approximate surface area is 292 Å². The Morgan fingerprint density at radius 1 is 0.255 bits per heavy atom. The fourth-order valence-corrected chi connectivity index (χ4v) is 9.05.